The summed E-state index contributed by atoms with van der Waals surface area (Å²) in [4.78, 5) is 10.8. The number of aryl methyl sites for hydroxylation is 2. The summed E-state index contributed by atoms with van der Waals surface area (Å²) in [6, 6.07) is 9.98. The molecule has 102 valence electrons. The van der Waals surface area contributed by atoms with Crippen LogP contribution in [0.1, 0.15) is 5.69 Å². The molecule has 5 nitrogen and oxygen atoms in total. The third kappa shape index (κ3) is 1.97. The fourth-order valence-electron chi connectivity index (χ4n) is 2.57. The van der Waals surface area contributed by atoms with Crippen molar-refractivity contribution in [3.05, 3.63) is 42.2 Å². The van der Waals surface area contributed by atoms with E-state index in [0.29, 0.717) is 5.69 Å². The highest BCUT2D eigenvalue weighted by Crippen LogP contribution is 2.30. The lowest BCUT2D eigenvalue weighted by molar-refractivity contribution is -0.136. The van der Waals surface area contributed by atoms with E-state index in [1.807, 2.05) is 38.5 Å². The molecule has 2 aromatic heterocycles. The van der Waals surface area contributed by atoms with Gasteiger partial charge in [0.25, 0.3) is 0 Å². The second-order valence-corrected chi connectivity index (χ2v) is 4.89. The number of carbonyl (C=O) groups is 1. The zero-order valence-corrected chi connectivity index (χ0v) is 11.4. The molecular formula is C15H15N3O2. The van der Waals surface area contributed by atoms with Crippen LogP contribution in [0.25, 0.3) is 22.2 Å². The van der Waals surface area contributed by atoms with Crippen LogP contribution >= 0.6 is 0 Å². The van der Waals surface area contributed by atoms with E-state index in [0.717, 1.165) is 22.2 Å². The first-order valence-electron chi connectivity index (χ1n) is 6.35. The van der Waals surface area contributed by atoms with Crippen molar-refractivity contribution in [1.29, 1.82) is 0 Å². The van der Waals surface area contributed by atoms with Gasteiger partial charge in [-0.05, 0) is 12.1 Å². The number of aromatic nitrogens is 3. The van der Waals surface area contributed by atoms with Gasteiger partial charge < -0.3 is 9.67 Å². The highest BCUT2D eigenvalue weighted by Gasteiger charge is 2.14. The van der Waals surface area contributed by atoms with E-state index in [-0.39, 0.29) is 6.42 Å². The monoisotopic (exact) mass is 269 g/mol. The minimum atomic E-state index is -0.868. The molecule has 0 amide bonds. The van der Waals surface area contributed by atoms with Gasteiger partial charge in [-0.1, -0.05) is 18.2 Å². The van der Waals surface area contributed by atoms with Gasteiger partial charge in [-0.2, -0.15) is 5.10 Å². The van der Waals surface area contributed by atoms with Crippen molar-refractivity contribution >= 4 is 16.9 Å². The Kier molecular flexibility index (Phi) is 2.82. The number of benzene rings is 1. The summed E-state index contributed by atoms with van der Waals surface area (Å²) in [5.41, 5.74) is 3.71. The van der Waals surface area contributed by atoms with Gasteiger partial charge in [0.1, 0.15) is 0 Å². The van der Waals surface area contributed by atoms with E-state index in [1.165, 1.54) is 0 Å². The van der Waals surface area contributed by atoms with Gasteiger partial charge in [-0.3, -0.25) is 9.48 Å². The maximum atomic E-state index is 10.8. The van der Waals surface area contributed by atoms with E-state index in [9.17, 15) is 4.79 Å². The van der Waals surface area contributed by atoms with Gasteiger partial charge in [0.05, 0.1) is 17.8 Å². The molecule has 3 aromatic rings. The van der Waals surface area contributed by atoms with Crippen molar-refractivity contribution in [3.63, 3.8) is 0 Å². The Morgan fingerprint density at radius 2 is 2.05 bits per heavy atom. The van der Waals surface area contributed by atoms with Crippen molar-refractivity contribution in [1.82, 2.24) is 14.3 Å². The molecule has 0 fully saturated rings. The molecule has 2 heterocycles. The first kappa shape index (κ1) is 12.5. The molecule has 1 aromatic carbocycles. The summed E-state index contributed by atoms with van der Waals surface area (Å²) < 4.78 is 3.80. The summed E-state index contributed by atoms with van der Waals surface area (Å²) in [5, 5.41) is 14.3. The van der Waals surface area contributed by atoms with Gasteiger partial charge in [0.2, 0.25) is 0 Å². The highest BCUT2D eigenvalue weighted by atomic mass is 16.4. The molecule has 0 aliphatic rings. The Hall–Kier alpha value is -2.56. The molecule has 0 radical (unpaired) electrons. The molecule has 20 heavy (non-hydrogen) atoms. The van der Waals surface area contributed by atoms with Crippen LogP contribution in [-0.2, 0) is 25.3 Å². The van der Waals surface area contributed by atoms with Crippen LogP contribution in [0.15, 0.2) is 36.5 Å². The van der Waals surface area contributed by atoms with Crippen molar-refractivity contribution in [2.45, 2.75) is 6.42 Å². The normalized spacial score (nSPS) is 11.1. The Bertz CT molecular complexity index is 799. The van der Waals surface area contributed by atoms with Crippen molar-refractivity contribution < 1.29 is 9.90 Å². The minimum absolute atomic E-state index is 0.0569. The quantitative estimate of drug-likeness (QED) is 0.793. The average Bonchev–Trinajstić information content (AvgIpc) is 2.90. The summed E-state index contributed by atoms with van der Waals surface area (Å²) in [6.07, 6.45) is 1.99. The number of aliphatic carboxylic acids is 1. The van der Waals surface area contributed by atoms with Gasteiger partial charge in [-0.15, -0.1) is 0 Å². The van der Waals surface area contributed by atoms with Gasteiger partial charge in [-0.25, -0.2) is 0 Å². The molecule has 0 bridgehead atoms. The van der Waals surface area contributed by atoms with Crippen molar-refractivity contribution in [3.8, 4) is 11.3 Å². The maximum Gasteiger partial charge on any atom is 0.309 e. The topological polar surface area (TPSA) is 60.1 Å². The Labute approximate surface area is 116 Å². The summed E-state index contributed by atoms with van der Waals surface area (Å²) in [5.74, 6) is -0.868. The molecule has 0 spiro atoms. The number of para-hydroxylation sites is 1. The summed E-state index contributed by atoms with van der Waals surface area (Å²) >= 11 is 0. The van der Waals surface area contributed by atoms with Crippen molar-refractivity contribution in [2.75, 3.05) is 0 Å². The van der Waals surface area contributed by atoms with Crippen molar-refractivity contribution in [2.24, 2.45) is 14.1 Å². The van der Waals surface area contributed by atoms with Crippen LogP contribution in [0, 0.1) is 0 Å². The average molecular weight is 269 g/mol. The lowest BCUT2D eigenvalue weighted by atomic mass is 10.1. The van der Waals surface area contributed by atoms with E-state index >= 15 is 0 Å². The summed E-state index contributed by atoms with van der Waals surface area (Å²) in [7, 11) is 3.84. The Morgan fingerprint density at radius 3 is 2.80 bits per heavy atom. The zero-order chi connectivity index (χ0) is 14.3. The second kappa shape index (κ2) is 4.52. The largest absolute Gasteiger partial charge is 0.481 e. The number of hydrogen-bond donors (Lipinski definition) is 1. The van der Waals surface area contributed by atoms with E-state index in [1.54, 1.807) is 4.68 Å². The third-order valence-corrected chi connectivity index (χ3v) is 3.44. The maximum absolute atomic E-state index is 10.8. The minimum Gasteiger partial charge on any atom is -0.481 e. The van der Waals surface area contributed by atoms with Gasteiger partial charge in [0, 0.05) is 36.8 Å². The summed E-state index contributed by atoms with van der Waals surface area (Å²) in [6.45, 7) is 0. The fraction of sp³-hybridized carbons (Fsp3) is 0.200. The smallest absolute Gasteiger partial charge is 0.309 e. The molecule has 0 atom stereocenters. The van der Waals surface area contributed by atoms with Gasteiger partial charge in [0.15, 0.2) is 0 Å². The number of nitrogens with zero attached hydrogens (tertiary/aromatic N) is 3. The van der Waals surface area contributed by atoms with Gasteiger partial charge >= 0.3 is 5.97 Å². The Balaban J connectivity index is 2.16. The van der Waals surface area contributed by atoms with E-state index < -0.39 is 5.97 Å². The number of carboxylic acid groups (broad SMARTS) is 1. The van der Waals surface area contributed by atoms with Crippen LogP contribution in [-0.4, -0.2) is 25.4 Å². The SMILES string of the molecule is Cn1nc(CC(=O)O)cc1-c1cn(C)c2ccccc12. The standard InChI is InChI=1S/C15H15N3O2/c1-17-9-12(11-5-3-4-6-13(11)17)14-7-10(8-15(19)20)16-18(14)2/h3-7,9H,8H2,1-2H3,(H,19,20). The second-order valence-electron chi connectivity index (χ2n) is 4.89. The first-order chi connectivity index (χ1) is 9.56. The van der Waals surface area contributed by atoms with Crippen LogP contribution in [0.5, 0.6) is 0 Å². The number of carboxylic acids is 1. The molecule has 3 rings (SSSR count). The van der Waals surface area contributed by atoms with Crippen LogP contribution in [0.3, 0.4) is 0 Å². The fourth-order valence-corrected chi connectivity index (χ4v) is 2.57. The predicted octanol–water partition coefficient (Wildman–Crippen LogP) is 2.21. The van der Waals surface area contributed by atoms with E-state index in [2.05, 4.69) is 21.8 Å². The lowest BCUT2D eigenvalue weighted by Crippen LogP contribution is -2.01. The van der Waals surface area contributed by atoms with E-state index in [4.69, 9.17) is 5.11 Å². The molecular weight excluding hydrogens is 254 g/mol. The molecule has 0 saturated carbocycles. The molecule has 0 aliphatic carbocycles. The Morgan fingerprint density at radius 1 is 1.30 bits per heavy atom. The zero-order valence-electron chi connectivity index (χ0n) is 11.4. The first-order valence-corrected chi connectivity index (χ1v) is 6.35. The number of hydrogen-bond acceptors (Lipinski definition) is 2. The third-order valence-electron chi connectivity index (χ3n) is 3.44. The van der Waals surface area contributed by atoms with Crippen LogP contribution < -0.4 is 0 Å². The number of fused-ring (bicyclic) bond motifs is 1. The molecule has 0 aliphatic heterocycles. The highest BCUT2D eigenvalue weighted by molar-refractivity contribution is 5.95. The van der Waals surface area contributed by atoms with Crippen LogP contribution in [0.4, 0.5) is 0 Å². The molecule has 0 unspecified atom stereocenters. The molecule has 0 saturated heterocycles. The van der Waals surface area contributed by atoms with Crippen LogP contribution in [0.2, 0.25) is 0 Å². The molecule has 1 N–H and O–H groups in total. The predicted molar refractivity (Wildman–Crippen MR) is 76.5 cm³/mol. The number of rotatable bonds is 3. The molecule has 5 heteroatoms. The lowest BCUT2D eigenvalue weighted by Gasteiger charge is -1.99.